The van der Waals surface area contributed by atoms with Crippen molar-refractivity contribution in [3.05, 3.63) is 29.3 Å². The number of likely N-dealkylation sites (N-methyl/N-ethyl adjacent to an activating group) is 1. The fourth-order valence-corrected chi connectivity index (χ4v) is 4.21. The van der Waals surface area contributed by atoms with E-state index in [9.17, 15) is 8.42 Å². The Kier molecular flexibility index (Phi) is 5.35. The SMILES string of the molecule is CCN(C(C)(CC)CN)S(=O)(=O)c1ccc(C)c(C)c1. The molecule has 20 heavy (non-hydrogen) atoms. The molecule has 2 N–H and O–H groups in total. The molecule has 5 heteroatoms. The van der Waals surface area contributed by atoms with E-state index in [2.05, 4.69) is 0 Å². The smallest absolute Gasteiger partial charge is 0.243 e. The van der Waals surface area contributed by atoms with Crippen LogP contribution in [0.2, 0.25) is 0 Å². The molecule has 0 aliphatic heterocycles. The van der Waals surface area contributed by atoms with Gasteiger partial charge in [-0.05, 0) is 50.5 Å². The van der Waals surface area contributed by atoms with Crippen molar-refractivity contribution in [2.24, 2.45) is 5.73 Å². The van der Waals surface area contributed by atoms with Crippen LogP contribution in [0.25, 0.3) is 0 Å². The van der Waals surface area contributed by atoms with Gasteiger partial charge in [-0.15, -0.1) is 0 Å². The fraction of sp³-hybridized carbons (Fsp3) is 0.600. The zero-order chi connectivity index (χ0) is 15.6. The molecule has 0 fully saturated rings. The molecule has 0 aliphatic rings. The van der Waals surface area contributed by atoms with Crippen LogP contribution >= 0.6 is 0 Å². The summed E-state index contributed by atoms with van der Waals surface area (Å²) in [7, 11) is -3.52. The lowest BCUT2D eigenvalue weighted by Crippen LogP contribution is -2.53. The second kappa shape index (κ2) is 6.24. The monoisotopic (exact) mass is 298 g/mol. The van der Waals surface area contributed by atoms with Crippen LogP contribution in [-0.4, -0.2) is 31.4 Å². The van der Waals surface area contributed by atoms with Gasteiger partial charge in [0.2, 0.25) is 10.0 Å². The maximum Gasteiger partial charge on any atom is 0.243 e. The number of rotatable bonds is 6. The van der Waals surface area contributed by atoms with E-state index in [1.807, 2.05) is 40.7 Å². The maximum atomic E-state index is 12.9. The molecule has 0 amide bonds. The van der Waals surface area contributed by atoms with E-state index < -0.39 is 15.6 Å². The molecule has 0 spiro atoms. The minimum absolute atomic E-state index is 0.307. The number of benzene rings is 1. The van der Waals surface area contributed by atoms with Crippen LogP contribution in [0.15, 0.2) is 23.1 Å². The molecule has 0 bridgehead atoms. The van der Waals surface area contributed by atoms with Gasteiger partial charge in [0, 0.05) is 18.6 Å². The summed E-state index contributed by atoms with van der Waals surface area (Å²) in [6, 6.07) is 5.26. The zero-order valence-electron chi connectivity index (χ0n) is 13.1. The molecule has 0 saturated carbocycles. The fourth-order valence-electron chi connectivity index (χ4n) is 2.27. The summed E-state index contributed by atoms with van der Waals surface area (Å²) in [6.45, 7) is 10.3. The second-order valence-corrected chi connectivity index (χ2v) is 7.33. The predicted octanol–water partition coefficient (Wildman–Crippen LogP) is 2.44. The highest BCUT2D eigenvalue weighted by Crippen LogP contribution is 2.27. The third kappa shape index (κ3) is 3.05. The first-order valence-electron chi connectivity index (χ1n) is 7.03. The van der Waals surface area contributed by atoms with Gasteiger partial charge < -0.3 is 5.73 Å². The van der Waals surface area contributed by atoms with Crippen LogP contribution in [0.4, 0.5) is 0 Å². The molecule has 4 nitrogen and oxygen atoms in total. The van der Waals surface area contributed by atoms with Crippen molar-refractivity contribution >= 4 is 10.0 Å². The molecular formula is C15H26N2O2S. The minimum Gasteiger partial charge on any atom is -0.329 e. The highest BCUT2D eigenvalue weighted by molar-refractivity contribution is 7.89. The summed E-state index contributed by atoms with van der Waals surface area (Å²) in [4.78, 5) is 0.343. The molecule has 0 heterocycles. The van der Waals surface area contributed by atoms with Crippen LogP contribution in [-0.2, 0) is 10.0 Å². The number of hydrogen-bond donors (Lipinski definition) is 1. The average Bonchev–Trinajstić information content (AvgIpc) is 2.41. The molecule has 0 radical (unpaired) electrons. The van der Waals surface area contributed by atoms with Gasteiger partial charge >= 0.3 is 0 Å². The molecule has 0 aliphatic carbocycles. The average molecular weight is 298 g/mol. The first kappa shape index (κ1) is 17.1. The van der Waals surface area contributed by atoms with Crippen LogP contribution in [0.3, 0.4) is 0 Å². The number of hydrogen-bond acceptors (Lipinski definition) is 3. The normalized spacial score (nSPS) is 15.3. The molecule has 0 aromatic heterocycles. The van der Waals surface area contributed by atoms with Crippen molar-refractivity contribution in [2.75, 3.05) is 13.1 Å². The summed E-state index contributed by atoms with van der Waals surface area (Å²) in [5.41, 5.74) is 7.33. The number of nitrogens with two attached hydrogens (primary N) is 1. The summed E-state index contributed by atoms with van der Waals surface area (Å²) in [5.74, 6) is 0. The number of aryl methyl sites for hydroxylation is 2. The van der Waals surface area contributed by atoms with Crippen molar-refractivity contribution in [3.8, 4) is 0 Å². The lowest BCUT2D eigenvalue weighted by molar-refractivity contribution is 0.214. The van der Waals surface area contributed by atoms with Gasteiger partial charge in [-0.1, -0.05) is 19.9 Å². The summed E-state index contributed by atoms with van der Waals surface area (Å²) < 4.78 is 27.2. The van der Waals surface area contributed by atoms with E-state index in [0.29, 0.717) is 24.4 Å². The van der Waals surface area contributed by atoms with E-state index >= 15 is 0 Å². The van der Waals surface area contributed by atoms with Gasteiger partial charge in [-0.2, -0.15) is 4.31 Å². The standard InChI is InChI=1S/C15H26N2O2S/c1-6-15(5,11-16)17(7-2)20(18,19)14-9-8-12(3)13(4)10-14/h8-10H,6-7,11,16H2,1-5H3. The van der Waals surface area contributed by atoms with Crippen molar-refractivity contribution in [2.45, 2.75) is 51.5 Å². The Morgan fingerprint density at radius 3 is 2.20 bits per heavy atom. The zero-order valence-corrected chi connectivity index (χ0v) is 13.9. The number of nitrogens with zero attached hydrogens (tertiary/aromatic N) is 1. The Morgan fingerprint density at radius 2 is 1.80 bits per heavy atom. The molecule has 1 unspecified atom stereocenters. The highest BCUT2D eigenvalue weighted by Gasteiger charge is 2.37. The van der Waals surface area contributed by atoms with Crippen LogP contribution < -0.4 is 5.73 Å². The second-order valence-electron chi connectivity index (χ2n) is 5.47. The molecule has 1 aromatic rings. The highest BCUT2D eigenvalue weighted by atomic mass is 32.2. The van der Waals surface area contributed by atoms with Crippen LogP contribution in [0, 0.1) is 13.8 Å². The molecule has 1 aromatic carbocycles. The Morgan fingerprint density at radius 1 is 1.20 bits per heavy atom. The summed E-state index contributed by atoms with van der Waals surface area (Å²) in [5, 5.41) is 0. The predicted molar refractivity (Wildman–Crippen MR) is 83.2 cm³/mol. The number of sulfonamides is 1. The Hall–Kier alpha value is -0.910. The third-order valence-electron chi connectivity index (χ3n) is 4.16. The van der Waals surface area contributed by atoms with Gasteiger partial charge in [-0.25, -0.2) is 8.42 Å². The van der Waals surface area contributed by atoms with E-state index in [4.69, 9.17) is 5.73 Å². The first-order chi connectivity index (χ1) is 9.22. The van der Waals surface area contributed by atoms with Gasteiger partial charge in [0.1, 0.15) is 0 Å². The topological polar surface area (TPSA) is 63.4 Å². The molecule has 1 atom stereocenters. The van der Waals surface area contributed by atoms with E-state index in [0.717, 1.165) is 11.1 Å². The lowest BCUT2D eigenvalue weighted by atomic mass is 9.99. The minimum atomic E-state index is -3.52. The van der Waals surface area contributed by atoms with Gasteiger partial charge in [0.05, 0.1) is 4.90 Å². The van der Waals surface area contributed by atoms with E-state index in [-0.39, 0.29) is 0 Å². The summed E-state index contributed by atoms with van der Waals surface area (Å²) in [6.07, 6.45) is 0.682. The van der Waals surface area contributed by atoms with Gasteiger partial charge in [0.15, 0.2) is 0 Å². The molecule has 0 saturated heterocycles. The lowest BCUT2D eigenvalue weighted by Gasteiger charge is -2.38. The first-order valence-corrected chi connectivity index (χ1v) is 8.47. The third-order valence-corrected chi connectivity index (χ3v) is 6.29. The van der Waals surface area contributed by atoms with Crippen LogP contribution in [0.5, 0.6) is 0 Å². The van der Waals surface area contributed by atoms with E-state index in [1.54, 1.807) is 12.1 Å². The Bertz CT molecular complexity index is 563. The van der Waals surface area contributed by atoms with E-state index in [1.165, 1.54) is 4.31 Å². The van der Waals surface area contributed by atoms with Crippen molar-refractivity contribution < 1.29 is 8.42 Å². The van der Waals surface area contributed by atoms with Gasteiger partial charge in [-0.3, -0.25) is 0 Å². The van der Waals surface area contributed by atoms with Crippen LogP contribution in [0.1, 0.15) is 38.3 Å². The Balaban J connectivity index is 3.35. The summed E-state index contributed by atoms with van der Waals surface area (Å²) >= 11 is 0. The molecule has 1 rings (SSSR count). The van der Waals surface area contributed by atoms with Crippen molar-refractivity contribution in [1.29, 1.82) is 0 Å². The van der Waals surface area contributed by atoms with Crippen molar-refractivity contribution in [1.82, 2.24) is 4.31 Å². The quantitative estimate of drug-likeness (QED) is 0.877. The maximum absolute atomic E-state index is 12.9. The largest absolute Gasteiger partial charge is 0.329 e. The Labute approximate surface area is 123 Å². The molecule has 114 valence electrons. The molecular weight excluding hydrogens is 272 g/mol. The van der Waals surface area contributed by atoms with Crippen molar-refractivity contribution in [3.63, 3.8) is 0 Å². The van der Waals surface area contributed by atoms with Gasteiger partial charge in [0.25, 0.3) is 0 Å².